The van der Waals surface area contributed by atoms with Gasteiger partial charge in [-0.25, -0.2) is 0 Å². The zero-order valence-corrected chi connectivity index (χ0v) is 50.6. The van der Waals surface area contributed by atoms with Gasteiger partial charge in [-0.15, -0.1) is 0 Å². The second-order valence-electron chi connectivity index (χ2n) is 18.1. The first-order valence-electron chi connectivity index (χ1n) is 25.1. The van der Waals surface area contributed by atoms with Crippen molar-refractivity contribution in [3.05, 3.63) is 228 Å². The van der Waals surface area contributed by atoms with Gasteiger partial charge in [0.25, 0.3) is 0 Å². The molecule has 0 spiro atoms. The number of hydrogen-bond acceptors (Lipinski definition) is 2. The Morgan fingerprint density at radius 1 is 0.368 bits per heavy atom. The highest BCUT2D eigenvalue weighted by molar-refractivity contribution is 5.86. The second kappa shape index (κ2) is 44.4. The third kappa shape index (κ3) is 28.1. The summed E-state index contributed by atoms with van der Waals surface area (Å²) in [4.78, 5) is 0. The van der Waals surface area contributed by atoms with E-state index in [1.54, 1.807) is 14.2 Å². The minimum absolute atomic E-state index is 0. The molecule has 0 bridgehead atoms. The number of para-hydroxylation sites is 1. The summed E-state index contributed by atoms with van der Waals surface area (Å²) in [7, 11) is 3.36. The molecule has 8 aromatic rings. The monoisotopic (exact) mass is 1160 g/mol. The van der Waals surface area contributed by atoms with Gasteiger partial charge >= 0.3 is 0 Å². The quantitative estimate of drug-likeness (QED) is 0.0712. The molecule has 0 fully saturated rings. The number of halogens is 6. The van der Waals surface area contributed by atoms with Gasteiger partial charge < -0.3 is 118 Å². The maximum Gasteiger partial charge on any atom is 0.127 e. The molecular formula is C62H88Cl6N6O2. The lowest BCUT2D eigenvalue weighted by atomic mass is 10.0. The average molecular weight is 1160 g/mol. The van der Waals surface area contributed by atoms with Crippen LogP contribution in [0.25, 0.3) is 21.5 Å². The highest BCUT2D eigenvalue weighted by atomic mass is 35.5. The Labute approximate surface area is 493 Å². The fraction of sp³-hybridized carbons (Fsp3) is 0.290. The van der Waals surface area contributed by atoms with Crippen molar-refractivity contribution in [1.29, 1.82) is 0 Å². The lowest BCUT2D eigenvalue weighted by Gasteiger charge is -2.07. The van der Waals surface area contributed by atoms with Crippen molar-refractivity contribution >= 4 is 21.5 Å². The van der Waals surface area contributed by atoms with E-state index in [-0.39, 0.29) is 80.5 Å². The van der Waals surface area contributed by atoms with Crippen LogP contribution in [0.15, 0.2) is 194 Å². The van der Waals surface area contributed by atoms with E-state index in [0.29, 0.717) is 30.2 Å². The van der Waals surface area contributed by atoms with E-state index >= 15 is 0 Å². The van der Waals surface area contributed by atoms with Gasteiger partial charge in [0.2, 0.25) is 0 Å². The number of quaternary nitrogens is 6. The van der Waals surface area contributed by atoms with Crippen molar-refractivity contribution in [3.63, 3.8) is 0 Å². The first-order valence-corrected chi connectivity index (χ1v) is 25.1. The molecule has 8 aromatic carbocycles. The summed E-state index contributed by atoms with van der Waals surface area (Å²) >= 11 is 0. The standard InChI is InChI=1S/2C12H13N.C11H17N.2C9H13NO.C9H13N.6ClH/c1-9(13)11-8-4-6-10-5-2-3-7-12(10)11;1-9(13)11-7-6-10-4-2-3-5-12(10)8-11;1-2-3-9-11(12)10-7-5-4-6-8-10;1-7(10)8-4-3-5-9(6-8)11-2;1-7(10)8-5-3-4-6-9(8)11-2;1-2-9(10)8-6-4-3-5-7-8;;;;;;/h2*2-9H,13H2,1H3;4-8,11H,2-3,9,12H2,1H3;2*3-7H,10H2,1-2H3;3-7,9H,2,10H2,1H3;6*1H/t2*9-;11-;2*7-;9-;;;;;;/m000000....../s1. The second-order valence-corrected chi connectivity index (χ2v) is 18.1. The number of hydrogen-bond donors (Lipinski definition) is 6. The van der Waals surface area contributed by atoms with Crippen LogP contribution in [0.4, 0.5) is 0 Å². The van der Waals surface area contributed by atoms with Gasteiger partial charge in [-0.05, 0) is 86.0 Å². The van der Waals surface area contributed by atoms with Crippen molar-refractivity contribution in [1.82, 2.24) is 0 Å². The Morgan fingerprint density at radius 2 is 0.803 bits per heavy atom. The van der Waals surface area contributed by atoms with Gasteiger partial charge in [0.15, 0.2) is 0 Å². The van der Waals surface area contributed by atoms with Crippen LogP contribution in [0.2, 0.25) is 0 Å². The molecule has 0 saturated carbocycles. The van der Waals surface area contributed by atoms with Crippen molar-refractivity contribution in [2.45, 2.75) is 103 Å². The SMILES string of the molecule is CCCC[C@H]([NH3+])c1ccccc1.CC[C@H]([NH3+])c1ccccc1.COc1cccc([C@H](C)[NH3+])c1.COc1ccccc1[C@H](C)[NH3+].C[C@H]([NH3+])c1ccc2ccccc2c1.C[C@H]([NH3+])c1cccc2ccccc12.[Cl-].[Cl-].[Cl-].[Cl-].[Cl-].[Cl-]. The fourth-order valence-electron chi connectivity index (χ4n) is 7.52. The molecule has 0 aliphatic carbocycles. The number of ether oxygens (including phenoxy) is 2. The average Bonchev–Trinajstić information content (AvgIpc) is 3.40. The first kappa shape index (κ1) is 77.9. The van der Waals surface area contributed by atoms with E-state index in [2.05, 4.69) is 222 Å². The molecule has 0 saturated heterocycles. The van der Waals surface area contributed by atoms with E-state index in [1.165, 1.54) is 68.6 Å². The van der Waals surface area contributed by atoms with Gasteiger partial charge in [-0.1, -0.05) is 184 Å². The Kier molecular flexibility index (Phi) is 45.5. The molecule has 8 rings (SSSR count). The normalized spacial score (nSPS) is 11.9. The van der Waals surface area contributed by atoms with Crippen LogP contribution in [0, 0.1) is 0 Å². The van der Waals surface area contributed by atoms with Crippen LogP contribution in [0.5, 0.6) is 11.5 Å². The largest absolute Gasteiger partial charge is 1.00 e. The number of benzene rings is 8. The molecule has 0 aromatic heterocycles. The zero-order chi connectivity index (χ0) is 51.3. The minimum Gasteiger partial charge on any atom is -1.00 e. The predicted octanol–water partition coefficient (Wildman–Crippen LogP) is -8.15. The van der Waals surface area contributed by atoms with Crippen LogP contribution in [-0.4, -0.2) is 14.2 Å². The van der Waals surface area contributed by atoms with Crippen molar-refractivity contribution in [2.75, 3.05) is 14.2 Å². The number of rotatable bonds is 12. The van der Waals surface area contributed by atoms with E-state index < -0.39 is 0 Å². The summed E-state index contributed by atoms with van der Waals surface area (Å²) in [5.74, 6) is 1.83. The molecular weight excluding hydrogens is 1070 g/mol. The smallest absolute Gasteiger partial charge is 0.127 e. The molecule has 420 valence electrons. The number of fused-ring (bicyclic) bond motifs is 2. The highest BCUT2D eigenvalue weighted by Crippen LogP contribution is 2.23. The molecule has 0 heterocycles. The summed E-state index contributed by atoms with van der Waals surface area (Å²) in [6.07, 6.45) is 4.87. The topological polar surface area (TPSA) is 184 Å². The summed E-state index contributed by atoms with van der Waals surface area (Å²) in [5, 5.41) is 5.23. The first-order chi connectivity index (χ1) is 33.7. The van der Waals surface area contributed by atoms with Crippen molar-refractivity contribution in [2.24, 2.45) is 0 Å². The van der Waals surface area contributed by atoms with Crippen LogP contribution >= 0.6 is 0 Å². The van der Waals surface area contributed by atoms with Crippen molar-refractivity contribution < 1.29 is 118 Å². The van der Waals surface area contributed by atoms with Crippen LogP contribution in [0.1, 0.15) is 137 Å². The van der Waals surface area contributed by atoms with Gasteiger partial charge in [0.1, 0.15) is 47.8 Å². The van der Waals surface area contributed by atoms with Gasteiger partial charge in [0.05, 0.1) is 19.8 Å². The lowest BCUT2D eigenvalue weighted by molar-refractivity contribution is -0.428. The third-order valence-electron chi connectivity index (χ3n) is 12.0. The third-order valence-corrected chi connectivity index (χ3v) is 12.0. The molecule has 0 aliphatic rings. The fourth-order valence-corrected chi connectivity index (χ4v) is 7.52. The van der Waals surface area contributed by atoms with E-state index in [4.69, 9.17) is 9.47 Å². The molecule has 0 unspecified atom stereocenters. The molecule has 18 N–H and O–H groups in total. The number of unbranched alkanes of at least 4 members (excludes halogenated alkanes) is 1. The molecule has 8 nitrogen and oxygen atoms in total. The summed E-state index contributed by atoms with van der Waals surface area (Å²) in [6, 6.07) is 68.9. The van der Waals surface area contributed by atoms with Gasteiger partial charge in [0, 0.05) is 40.7 Å². The summed E-state index contributed by atoms with van der Waals surface area (Å²) < 4.78 is 10.2. The van der Waals surface area contributed by atoms with E-state index in [0.717, 1.165) is 23.5 Å². The van der Waals surface area contributed by atoms with Gasteiger partial charge in [-0.2, -0.15) is 0 Å². The maximum absolute atomic E-state index is 5.17. The van der Waals surface area contributed by atoms with Crippen LogP contribution in [-0.2, 0) is 0 Å². The Morgan fingerprint density at radius 3 is 1.30 bits per heavy atom. The minimum atomic E-state index is 0. The van der Waals surface area contributed by atoms with Crippen LogP contribution in [0.3, 0.4) is 0 Å². The molecule has 76 heavy (non-hydrogen) atoms. The number of methoxy groups -OCH3 is 2. The lowest BCUT2D eigenvalue weighted by Crippen LogP contribution is -3.00. The highest BCUT2D eigenvalue weighted by Gasteiger charge is 2.09. The van der Waals surface area contributed by atoms with Crippen LogP contribution < -0.4 is 118 Å². The van der Waals surface area contributed by atoms with Crippen molar-refractivity contribution in [3.8, 4) is 11.5 Å². The molecule has 0 aliphatic heterocycles. The Hall–Kier alpha value is -4.62. The van der Waals surface area contributed by atoms with E-state index in [1.807, 2.05) is 48.5 Å². The maximum atomic E-state index is 5.17. The summed E-state index contributed by atoms with van der Waals surface area (Å²) in [6.45, 7) is 12.7. The molecule has 0 amide bonds. The Bertz CT molecular complexity index is 2640. The zero-order valence-electron chi connectivity index (χ0n) is 46.1. The Balaban J connectivity index is -0.000000404. The molecule has 0 radical (unpaired) electrons. The van der Waals surface area contributed by atoms with E-state index in [9.17, 15) is 0 Å². The molecule has 6 atom stereocenters. The summed E-state index contributed by atoms with van der Waals surface area (Å²) in [5.41, 5.74) is 31.8. The van der Waals surface area contributed by atoms with Gasteiger partial charge in [-0.3, -0.25) is 0 Å². The molecule has 14 heteroatoms. The predicted molar refractivity (Wildman–Crippen MR) is 293 cm³/mol.